The lowest BCUT2D eigenvalue weighted by molar-refractivity contribution is 0.413. The molecule has 3 rings (SSSR count). The first-order valence-corrected chi connectivity index (χ1v) is 8.51. The summed E-state index contributed by atoms with van der Waals surface area (Å²) in [5.41, 5.74) is 6.54. The van der Waals surface area contributed by atoms with Gasteiger partial charge in [-0.2, -0.15) is 0 Å². The van der Waals surface area contributed by atoms with Gasteiger partial charge in [0.25, 0.3) is 0 Å². The molecule has 1 unspecified atom stereocenters. The molecule has 0 spiro atoms. The van der Waals surface area contributed by atoms with Gasteiger partial charge in [-0.3, -0.25) is 0 Å². The molecular formula is C21H26O2. The predicted octanol–water partition coefficient (Wildman–Crippen LogP) is 5.30. The van der Waals surface area contributed by atoms with E-state index in [0.717, 1.165) is 17.7 Å². The third kappa shape index (κ3) is 2.95. The average Bonchev–Trinajstić information content (AvgIpc) is 2.54. The predicted molar refractivity (Wildman–Crippen MR) is 94.7 cm³/mol. The maximum atomic E-state index is 10.1. The first-order chi connectivity index (χ1) is 11.0. The van der Waals surface area contributed by atoms with E-state index in [1.165, 1.54) is 35.1 Å². The summed E-state index contributed by atoms with van der Waals surface area (Å²) < 4.78 is 5.44. The Labute approximate surface area is 139 Å². The van der Waals surface area contributed by atoms with Gasteiger partial charge in [0, 0.05) is 5.92 Å². The Bertz CT molecular complexity index is 716. The van der Waals surface area contributed by atoms with E-state index >= 15 is 0 Å². The van der Waals surface area contributed by atoms with E-state index < -0.39 is 0 Å². The van der Waals surface area contributed by atoms with Crippen molar-refractivity contribution < 1.29 is 9.84 Å². The van der Waals surface area contributed by atoms with Gasteiger partial charge >= 0.3 is 0 Å². The number of hydrogen-bond acceptors (Lipinski definition) is 2. The molecule has 1 N–H and O–H groups in total. The number of fused-ring (bicyclic) bond motifs is 1. The van der Waals surface area contributed by atoms with Crippen LogP contribution < -0.4 is 4.74 Å². The molecule has 1 aliphatic rings. The number of phenols is 1. The summed E-state index contributed by atoms with van der Waals surface area (Å²) in [5, 5.41) is 10.1. The van der Waals surface area contributed by atoms with Crippen molar-refractivity contribution in [1.82, 2.24) is 0 Å². The van der Waals surface area contributed by atoms with Crippen LogP contribution in [0.3, 0.4) is 0 Å². The van der Waals surface area contributed by atoms with Crippen molar-refractivity contribution in [2.24, 2.45) is 0 Å². The van der Waals surface area contributed by atoms with Crippen LogP contribution in [0.2, 0.25) is 0 Å². The first kappa shape index (κ1) is 15.9. The van der Waals surface area contributed by atoms with Gasteiger partial charge in [-0.25, -0.2) is 0 Å². The average molecular weight is 310 g/mol. The Balaban J connectivity index is 2.09. The Morgan fingerprint density at radius 1 is 1.17 bits per heavy atom. The second-order valence-electron chi connectivity index (χ2n) is 6.93. The lowest BCUT2D eigenvalue weighted by atomic mass is 9.76. The number of aromatic hydroxyl groups is 1. The summed E-state index contributed by atoms with van der Waals surface area (Å²) in [6.45, 7) is 6.44. The highest BCUT2D eigenvalue weighted by Crippen LogP contribution is 2.41. The van der Waals surface area contributed by atoms with Crippen LogP contribution in [0.15, 0.2) is 30.3 Å². The van der Waals surface area contributed by atoms with Gasteiger partial charge in [0.05, 0.1) is 7.11 Å². The van der Waals surface area contributed by atoms with Crippen molar-refractivity contribution in [3.63, 3.8) is 0 Å². The molecule has 0 aliphatic heterocycles. The van der Waals surface area contributed by atoms with Gasteiger partial charge in [-0.05, 0) is 78.1 Å². The Hall–Kier alpha value is -1.96. The molecule has 2 nitrogen and oxygen atoms in total. The molecule has 0 heterocycles. The van der Waals surface area contributed by atoms with Gasteiger partial charge in [-0.1, -0.05) is 26.0 Å². The third-order valence-corrected chi connectivity index (χ3v) is 5.05. The zero-order chi connectivity index (χ0) is 16.6. The van der Waals surface area contributed by atoms with Crippen molar-refractivity contribution in [3.05, 3.63) is 58.1 Å². The fourth-order valence-corrected chi connectivity index (χ4v) is 3.89. The van der Waals surface area contributed by atoms with E-state index in [4.69, 9.17) is 4.74 Å². The minimum Gasteiger partial charge on any atom is -0.508 e. The third-order valence-electron chi connectivity index (χ3n) is 5.05. The van der Waals surface area contributed by atoms with Crippen LogP contribution in [0.1, 0.15) is 66.3 Å². The minimum absolute atomic E-state index is 0.329. The van der Waals surface area contributed by atoms with Crippen molar-refractivity contribution in [1.29, 1.82) is 0 Å². The second kappa shape index (κ2) is 6.27. The number of ether oxygens (including phenoxy) is 1. The normalized spacial score (nSPS) is 17.2. The largest absolute Gasteiger partial charge is 0.508 e. The topological polar surface area (TPSA) is 29.5 Å². The van der Waals surface area contributed by atoms with E-state index in [1.54, 1.807) is 7.11 Å². The summed E-state index contributed by atoms with van der Waals surface area (Å²) in [4.78, 5) is 0. The van der Waals surface area contributed by atoms with Crippen molar-refractivity contribution in [3.8, 4) is 11.5 Å². The molecule has 2 aromatic carbocycles. The van der Waals surface area contributed by atoms with Gasteiger partial charge < -0.3 is 9.84 Å². The van der Waals surface area contributed by atoms with Crippen molar-refractivity contribution >= 4 is 0 Å². The lowest BCUT2D eigenvalue weighted by Crippen LogP contribution is -2.13. The van der Waals surface area contributed by atoms with E-state index in [0.29, 0.717) is 17.6 Å². The molecule has 122 valence electrons. The standard InChI is InChI=1S/C21H26O2/c1-13(2)19-12-15(8-9-20(19)22)18-7-5-6-16-11-17(23-4)10-14(3)21(16)18/h8-13,18,22H,5-7H2,1-4H3. The van der Waals surface area contributed by atoms with Crippen LogP contribution in [0.5, 0.6) is 11.5 Å². The molecule has 0 saturated carbocycles. The summed E-state index contributed by atoms with van der Waals surface area (Å²) in [6, 6.07) is 10.5. The van der Waals surface area contributed by atoms with Crippen LogP contribution in [0, 0.1) is 6.92 Å². The van der Waals surface area contributed by atoms with Gasteiger partial charge in [-0.15, -0.1) is 0 Å². The first-order valence-electron chi connectivity index (χ1n) is 8.51. The summed E-state index contributed by atoms with van der Waals surface area (Å²) in [6.07, 6.45) is 3.49. The summed E-state index contributed by atoms with van der Waals surface area (Å²) >= 11 is 0. The van der Waals surface area contributed by atoms with Crippen LogP contribution >= 0.6 is 0 Å². The van der Waals surface area contributed by atoms with E-state index in [2.05, 4.69) is 45.0 Å². The second-order valence-corrected chi connectivity index (χ2v) is 6.93. The van der Waals surface area contributed by atoms with Crippen LogP contribution in [0.25, 0.3) is 0 Å². The molecule has 2 heteroatoms. The maximum absolute atomic E-state index is 10.1. The van der Waals surface area contributed by atoms with Gasteiger partial charge in [0.2, 0.25) is 0 Å². The highest BCUT2D eigenvalue weighted by Gasteiger charge is 2.25. The molecule has 0 aromatic heterocycles. The Kier molecular flexibility index (Phi) is 4.34. The monoisotopic (exact) mass is 310 g/mol. The molecule has 0 amide bonds. The number of benzene rings is 2. The number of rotatable bonds is 3. The molecular weight excluding hydrogens is 284 g/mol. The molecule has 23 heavy (non-hydrogen) atoms. The molecule has 0 radical (unpaired) electrons. The molecule has 1 atom stereocenters. The number of phenolic OH excluding ortho intramolecular Hbond substituents is 1. The van der Waals surface area contributed by atoms with E-state index in [9.17, 15) is 5.11 Å². The van der Waals surface area contributed by atoms with Crippen LogP contribution in [-0.2, 0) is 6.42 Å². The molecule has 0 fully saturated rings. The summed E-state index contributed by atoms with van der Waals surface area (Å²) in [7, 11) is 1.73. The molecule has 0 saturated heterocycles. The fraction of sp³-hybridized carbons (Fsp3) is 0.429. The van der Waals surface area contributed by atoms with E-state index in [1.807, 2.05) is 6.07 Å². The van der Waals surface area contributed by atoms with Crippen LogP contribution in [0.4, 0.5) is 0 Å². The van der Waals surface area contributed by atoms with Gasteiger partial charge in [0.1, 0.15) is 11.5 Å². The lowest BCUT2D eigenvalue weighted by Gasteiger charge is -2.29. The molecule has 0 bridgehead atoms. The smallest absolute Gasteiger partial charge is 0.119 e. The number of methoxy groups -OCH3 is 1. The Morgan fingerprint density at radius 2 is 1.96 bits per heavy atom. The number of hydrogen-bond donors (Lipinski definition) is 1. The van der Waals surface area contributed by atoms with Crippen LogP contribution in [-0.4, -0.2) is 12.2 Å². The van der Waals surface area contributed by atoms with Crippen molar-refractivity contribution in [2.45, 2.75) is 51.9 Å². The van der Waals surface area contributed by atoms with E-state index in [-0.39, 0.29) is 0 Å². The van der Waals surface area contributed by atoms with Crippen molar-refractivity contribution in [2.75, 3.05) is 7.11 Å². The number of aryl methyl sites for hydroxylation is 2. The molecule has 1 aliphatic carbocycles. The highest BCUT2D eigenvalue weighted by atomic mass is 16.5. The quantitative estimate of drug-likeness (QED) is 0.833. The Morgan fingerprint density at radius 3 is 2.65 bits per heavy atom. The minimum atomic E-state index is 0.329. The SMILES string of the molecule is COc1cc(C)c2c(c1)CCCC2c1ccc(O)c(C(C)C)c1. The maximum Gasteiger partial charge on any atom is 0.119 e. The fourth-order valence-electron chi connectivity index (χ4n) is 3.89. The van der Waals surface area contributed by atoms with Gasteiger partial charge in [0.15, 0.2) is 0 Å². The summed E-state index contributed by atoms with van der Waals surface area (Å²) in [5.74, 6) is 2.11. The zero-order valence-corrected chi connectivity index (χ0v) is 14.5. The molecule has 2 aromatic rings. The highest BCUT2D eigenvalue weighted by molar-refractivity contribution is 5.50. The zero-order valence-electron chi connectivity index (χ0n) is 14.5.